The number of imidazole rings is 1. The molecule has 0 aliphatic heterocycles. The number of nitrogens with zero attached hydrogens (tertiary/aromatic N) is 4. The second-order valence-corrected chi connectivity index (χ2v) is 5.02. The van der Waals surface area contributed by atoms with Gasteiger partial charge in [0.05, 0.1) is 6.20 Å². The molecule has 1 unspecified atom stereocenters. The highest BCUT2D eigenvalue weighted by molar-refractivity contribution is 7.15. The Morgan fingerprint density at radius 3 is 3.28 bits per heavy atom. The van der Waals surface area contributed by atoms with Gasteiger partial charge < -0.3 is 9.84 Å². The van der Waals surface area contributed by atoms with Crippen LogP contribution in [-0.2, 0) is 6.42 Å². The molecule has 94 valence electrons. The molecule has 0 amide bonds. The molecule has 0 aromatic carbocycles. The van der Waals surface area contributed by atoms with E-state index in [1.165, 1.54) is 0 Å². The summed E-state index contributed by atoms with van der Waals surface area (Å²) in [5.41, 5.74) is 0.892. The number of hydrogen-bond donors (Lipinski definition) is 1. The molecule has 0 aliphatic rings. The molecule has 18 heavy (non-hydrogen) atoms. The van der Waals surface area contributed by atoms with Gasteiger partial charge in [0.1, 0.15) is 16.9 Å². The zero-order chi connectivity index (χ0) is 12.5. The van der Waals surface area contributed by atoms with Gasteiger partial charge in [0.15, 0.2) is 5.82 Å². The number of fused-ring (bicyclic) bond motifs is 1. The predicted molar refractivity (Wildman–Crippen MR) is 68.6 cm³/mol. The van der Waals surface area contributed by atoms with Crippen LogP contribution in [0.3, 0.4) is 0 Å². The lowest BCUT2D eigenvalue weighted by atomic mass is 10.2. The Balaban J connectivity index is 1.91. The van der Waals surface area contributed by atoms with Crippen LogP contribution in [0.5, 0.6) is 0 Å². The van der Waals surface area contributed by atoms with E-state index in [1.807, 2.05) is 23.0 Å². The summed E-state index contributed by atoms with van der Waals surface area (Å²) in [7, 11) is 1.92. The van der Waals surface area contributed by atoms with Crippen LogP contribution in [0.4, 0.5) is 0 Å². The summed E-state index contributed by atoms with van der Waals surface area (Å²) in [5, 5.41) is 9.14. The van der Waals surface area contributed by atoms with Crippen LogP contribution in [0.2, 0.25) is 0 Å². The molecule has 3 aromatic rings. The van der Waals surface area contributed by atoms with Crippen molar-refractivity contribution < 1.29 is 4.52 Å². The van der Waals surface area contributed by atoms with Crippen LogP contribution in [0, 0.1) is 0 Å². The lowest BCUT2D eigenvalue weighted by Gasteiger charge is -2.04. The molecule has 0 fully saturated rings. The maximum atomic E-state index is 5.30. The molecule has 1 atom stereocenters. The van der Waals surface area contributed by atoms with E-state index in [-0.39, 0.29) is 0 Å². The average Bonchev–Trinajstić information content (AvgIpc) is 3.03. The minimum absolute atomic E-state index is 0.325. The molecule has 0 radical (unpaired) electrons. The van der Waals surface area contributed by atoms with Crippen molar-refractivity contribution in [3.05, 3.63) is 23.7 Å². The van der Waals surface area contributed by atoms with Crippen molar-refractivity contribution in [2.75, 3.05) is 7.05 Å². The van der Waals surface area contributed by atoms with Crippen LogP contribution in [0.1, 0.15) is 12.7 Å². The molecular formula is C11H13N5OS. The summed E-state index contributed by atoms with van der Waals surface area (Å²) < 4.78 is 7.25. The highest BCUT2D eigenvalue weighted by Gasteiger charge is 2.14. The third kappa shape index (κ3) is 1.91. The molecule has 0 saturated heterocycles. The van der Waals surface area contributed by atoms with E-state index in [4.69, 9.17) is 4.52 Å². The van der Waals surface area contributed by atoms with Gasteiger partial charge in [-0.2, -0.15) is 4.98 Å². The predicted octanol–water partition coefficient (Wildman–Crippen LogP) is 1.60. The van der Waals surface area contributed by atoms with Gasteiger partial charge in [-0.3, -0.25) is 4.40 Å². The summed E-state index contributed by atoms with van der Waals surface area (Å²) in [6, 6.07) is 0.325. The second kappa shape index (κ2) is 4.51. The van der Waals surface area contributed by atoms with Gasteiger partial charge in [0, 0.05) is 17.8 Å². The van der Waals surface area contributed by atoms with Crippen LogP contribution < -0.4 is 5.32 Å². The Morgan fingerprint density at radius 1 is 1.56 bits per heavy atom. The molecule has 0 aliphatic carbocycles. The molecule has 0 spiro atoms. The summed E-state index contributed by atoms with van der Waals surface area (Å²) in [4.78, 5) is 9.56. The van der Waals surface area contributed by atoms with E-state index in [0.29, 0.717) is 17.8 Å². The van der Waals surface area contributed by atoms with Gasteiger partial charge in [-0.15, -0.1) is 11.3 Å². The first-order chi connectivity index (χ1) is 8.78. The van der Waals surface area contributed by atoms with Crippen molar-refractivity contribution in [1.82, 2.24) is 24.8 Å². The number of thiazole rings is 1. The lowest BCUT2D eigenvalue weighted by Crippen LogP contribution is -2.24. The topological polar surface area (TPSA) is 68.2 Å². The number of nitrogens with one attached hydrogen (secondary N) is 1. The average molecular weight is 263 g/mol. The number of hydrogen-bond acceptors (Lipinski definition) is 6. The van der Waals surface area contributed by atoms with E-state index in [2.05, 4.69) is 27.4 Å². The fourth-order valence-electron chi connectivity index (χ4n) is 1.69. The Kier molecular flexibility index (Phi) is 2.85. The molecule has 1 N–H and O–H groups in total. The van der Waals surface area contributed by atoms with E-state index < -0.39 is 0 Å². The standard InChI is InChI=1S/C11H13N5OS/c1-7(12-2)3-9-14-11(17-15-9)8-5-18-10-4-13-6-16(8)10/h4-7,12H,3H2,1-2H3. The van der Waals surface area contributed by atoms with Gasteiger partial charge in [-0.05, 0) is 14.0 Å². The highest BCUT2D eigenvalue weighted by atomic mass is 32.1. The van der Waals surface area contributed by atoms with E-state index in [0.717, 1.165) is 16.9 Å². The third-order valence-corrected chi connectivity index (χ3v) is 3.71. The Hall–Kier alpha value is -1.73. The largest absolute Gasteiger partial charge is 0.332 e. The van der Waals surface area contributed by atoms with Crippen molar-refractivity contribution in [2.24, 2.45) is 0 Å². The van der Waals surface area contributed by atoms with Crippen molar-refractivity contribution in [3.63, 3.8) is 0 Å². The third-order valence-electron chi connectivity index (χ3n) is 2.82. The number of likely N-dealkylation sites (N-methyl/N-ethyl adjacent to an activating group) is 1. The minimum Gasteiger partial charge on any atom is -0.332 e. The van der Waals surface area contributed by atoms with Crippen molar-refractivity contribution in [3.8, 4) is 11.6 Å². The molecule has 0 bridgehead atoms. The molecule has 3 aromatic heterocycles. The normalized spacial score (nSPS) is 13.2. The first-order valence-electron chi connectivity index (χ1n) is 5.67. The summed E-state index contributed by atoms with van der Waals surface area (Å²) in [6.45, 7) is 2.08. The summed E-state index contributed by atoms with van der Waals surface area (Å²) in [6.07, 6.45) is 4.31. The fraction of sp³-hybridized carbons (Fsp3) is 0.364. The SMILES string of the molecule is CNC(C)Cc1noc(-c2csc3cncn23)n1. The quantitative estimate of drug-likeness (QED) is 0.774. The molecule has 6 nitrogen and oxygen atoms in total. The van der Waals surface area contributed by atoms with Crippen molar-refractivity contribution >= 4 is 16.2 Å². The van der Waals surface area contributed by atoms with Gasteiger partial charge in [0.2, 0.25) is 0 Å². The van der Waals surface area contributed by atoms with Crippen LogP contribution >= 0.6 is 11.3 Å². The molecule has 0 saturated carbocycles. The maximum Gasteiger partial charge on any atom is 0.275 e. The van der Waals surface area contributed by atoms with Crippen molar-refractivity contribution in [1.29, 1.82) is 0 Å². The monoisotopic (exact) mass is 263 g/mol. The van der Waals surface area contributed by atoms with Gasteiger partial charge in [0.25, 0.3) is 5.89 Å². The van der Waals surface area contributed by atoms with Gasteiger partial charge >= 0.3 is 0 Å². The van der Waals surface area contributed by atoms with Crippen LogP contribution in [-0.4, -0.2) is 32.6 Å². The van der Waals surface area contributed by atoms with E-state index in [1.54, 1.807) is 17.7 Å². The van der Waals surface area contributed by atoms with Gasteiger partial charge in [-0.1, -0.05) is 5.16 Å². The molecule has 3 rings (SSSR count). The van der Waals surface area contributed by atoms with E-state index >= 15 is 0 Å². The Labute approximate surface area is 108 Å². The molecule has 3 heterocycles. The zero-order valence-electron chi connectivity index (χ0n) is 10.1. The molecular weight excluding hydrogens is 250 g/mol. The van der Waals surface area contributed by atoms with Crippen LogP contribution in [0.25, 0.3) is 16.4 Å². The Bertz CT molecular complexity index is 655. The number of aromatic nitrogens is 4. The van der Waals surface area contributed by atoms with Crippen molar-refractivity contribution in [2.45, 2.75) is 19.4 Å². The lowest BCUT2D eigenvalue weighted by molar-refractivity contribution is 0.417. The molecule has 7 heteroatoms. The first kappa shape index (κ1) is 11.4. The zero-order valence-corrected chi connectivity index (χ0v) is 10.9. The smallest absolute Gasteiger partial charge is 0.275 e. The fourth-order valence-corrected chi connectivity index (χ4v) is 2.52. The highest BCUT2D eigenvalue weighted by Crippen LogP contribution is 2.24. The maximum absolute atomic E-state index is 5.30. The minimum atomic E-state index is 0.325. The first-order valence-corrected chi connectivity index (χ1v) is 6.55. The van der Waals surface area contributed by atoms with Gasteiger partial charge in [-0.25, -0.2) is 4.98 Å². The van der Waals surface area contributed by atoms with Crippen LogP contribution in [0.15, 0.2) is 22.4 Å². The number of rotatable bonds is 4. The Morgan fingerprint density at radius 2 is 2.44 bits per heavy atom. The van der Waals surface area contributed by atoms with E-state index in [9.17, 15) is 0 Å². The summed E-state index contributed by atoms with van der Waals surface area (Å²) in [5.74, 6) is 1.25. The second-order valence-electron chi connectivity index (χ2n) is 4.13. The summed E-state index contributed by atoms with van der Waals surface area (Å²) >= 11 is 1.60.